The Morgan fingerprint density at radius 1 is 1.27 bits per heavy atom. The molecule has 1 aliphatic heterocycles. The Balaban J connectivity index is 1.97. The number of ether oxygens (including phenoxy) is 2. The zero-order valence-electron chi connectivity index (χ0n) is 18.9. The Labute approximate surface area is 179 Å². The van der Waals surface area contributed by atoms with E-state index in [9.17, 15) is 4.79 Å². The van der Waals surface area contributed by atoms with Crippen LogP contribution in [-0.4, -0.2) is 38.0 Å². The average Bonchev–Trinajstić information content (AvgIpc) is 2.72. The number of rotatable bonds is 6. The second-order valence-corrected chi connectivity index (χ2v) is 8.34. The molecule has 1 atom stereocenters. The van der Waals surface area contributed by atoms with Gasteiger partial charge < -0.3 is 14.4 Å². The zero-order chi connectivity index (χ0) is 21.9. The molecule has 0 N–H and O–H groups in total. The number of fused-ring (bicyclic) bond motifs is 1. The summed E-state index contributed by atoms with van der Waals surface area (Å²) in [6.45, 7) is 12.2. The maximum atomic E-state index is 12.0. The lowest BCUT2D eigenvalue weighted by molar-refractivity contribution is 0.0526. The van der Waals surface area contributed by atoms with Crippen LogP contribution in [0.3, 0.4) is 0 Å². The summed E-state index contributed by atoms with van der Waals surface area (Å²) in [5, 5.41) is 0. The van der Waals surface area contributed by atoms with Gasteiger partial charge in [-0.3, -0.25) is 4.99 Å². The number of carbonyl (C=O) groups is 1. The van der Waals surface area contributed by atoms with Crippen molar-refractivity contribution >= 4 is 23.6 Å². The van der Waals surface area contributed by atoms with E-state index >= 15 is 0 Å². The molecule has 1 aliphatic rings. The Bertz CT molecular complexity index is 949. The molecule has 2 aromatic rings. The van der Waals surface area contributed by atoms with Crippen LogP contribution in [-0.2, 0) is 4.74 Å². The van der Waals surface area contributed by atoms with E-state index in [0.717, 1.165) is 24.3 Å². The van der Waals surface area contributed by atoms with Crippen LogP contribution in [0.25, 0.3) is 0 Å². The Morgan fingerprint density at radius 2 is 2.03 bits per heavy atom. The predicted molar refractivity (Wildman–Crippen MR) is 123 cm³/mol. The van der Waals surface area contributed by atoms with Crippen molar-refractivity contribution in [2.75, 3.05) is 25.2 Å². The fraction of sp³-hybridized carbons (Fsp3) is 0.440. The number of esters is 1. The molecule has 0 saturated carbocycles. The van der Waals surface area contributed by atoms with Crippen molar-refractivity contribution in [1.29, 1.82) is 0 Å². The molecule has 5 nitrogen and oxygen atoms in total. The predicted octanol–water partition coefficient (Wildman–Crippen LogP) is 5.73. The molecule has 160 valence electrons. The van der Waals surface area contributed by atoms with Crippen LogP contribution in [0.4, 0.5) is 11.4 Å². The fourth-order valence-electron chi connectivity index (χ4n) is 4.48. The van der Waals surface area contributed by atoms with E-state index in [1.165, 1.54) is 11.3 Å². The van der Waals surface area contributed by atoms with Gasteiger partial charge in [0, 0.05) is 35.6 Å². The Morgan fingerprint density at radius 3 is 2.70 bits per heavy atom. The Hall–Kier alpha value is -2.82. The summed E-state index contributed by atoms with van der Waals surface area (Å²) in [5.74, 6) is 0.905. The molecule has 0 saturated heterocycles. The molecule has 0 radical (unpaired) electrons. The smallest absolute Gasteiger partial charge is 0.338 e. The van der Waals surface area contributed by atoms with E-state index in [1.54, 1.807) is 26.2 Å². The molecule has 1 unspecified atom stereocenters. The summed E-state index contributed by atoms with van der Waals surface area (Å²) in [4.78, 5) is 19.0. The third kappa shape index (κ3) is 4.35. The fourth-order valence-corrected chi connectivity index (χ4v) is 4.48. The highest BCUT2D eigenvalue weighted by atomic mass is 16.5. The highest BCUT2D eigenvalue weighted by molar-refractivity contribution is 5.91. The minimum absolute atomic E-state index is 0.106. The lowest BCUT2D eigenvalue weighted by Crippen LogP contribution is -2.48. The number of anilines is 1. The van der Waals surface area contributed by atoms with Crippen molar-refractivity contribution in [3.05, 3.63) is 53.1 Å². The van der Waals surface area contributed by atoms with Crippen molar-refractivity contribution in [1.82, 2.24) is 0 Å². The van der Waals surface area contributed by atoms with Gasteiger partial charge in [-0.1, -0.05) is 13.0 Å². The van der Waals surface area contributed by atoms with Gasteiger partial charge in [-0.2, -0.15) is 0 Å². The molecule has 3 rings (SSSR count). The molecule has 1 heterocycles. The number of hydrogen-bond acceptors (Lipinski definition) is 5. The second-order valence-electron chi connectivity index (χ2n) is 8.34. The van der Waals surface area contributed by atoms with Crippen LogP contribution in [0.2, 0.25) is 0 Å². The van der Waals surface area contributed by atoms with Crippen LogP contribution in [0.5, 0.6) is 5.75 Å². The summed E-state index contributed by atoms with van der Waals surface area (Å²) in [7, 11) is 1.69. The lowest BCUT2D eigenvalue weighted by atomic mass is 9.79. The SMILES string of the molecule is CCOC(=O)c1cccc(N=Cc2cc3c(cc2OC)N(CC)C(C)(C)CC3C)c1. The molecule has 0 fully saturated rings. The zero-order valence-corrected chi connectivity index (χ0v) is 18.9. The molecular weight excluding hydrogens is 376 g/mol. The number of hydrogen-bond donors (Lipinski definition) is 0. The lowest BCUT2D eigenvalue weighted by Gasteiger charge is -2.47. The molecule has 2 aromatic carbocycles. The van der Waals surface area contributed by atoms with Gasteiger partial charge in [-0.05, 0) is 69.9 Å². The minimum Gasteiger partial charge on any atom is -0.496 e. The van der Waals surface area contributed by atoms with Gasteiger partial charge in [0.25, 0.3) is 0 Å². The first kappa shape index (κ1) is 21.9. The van der Waals surface area contributed by atoms with Crippen LogP contribution >= 0.6 is 0 Å². The summed E-state index contributed by atoms with van der Waals surface area (Å²) < 4.78 is 10.8. The van der Waals surface area contributed by atoms with Crippen LogP contribution in [0.1, 0.15) is 68.4 Å². The summed E-state index contributed by atoms with van der Waals surface area (Å²) >= 11 is 0. The third-order valence-corrected chi connectivity index (χ3v) is 5.76. The number of methoxy groups -OCH3 is 1. The van der Waals surface area contributed by atoms with Crippen molar-refractivity contribution in [2.24, 2.45) is 4.99 Å². The van der Waals surface area contributed by atoms with E-state index in [1.807, 2.05) is 18.3 Å². The monoisotopic (exact) mass is 408 g/mol. The largest absolute Gasteiger partial charge is 0.496 e. The van der Waals surface area contributed by atoms with Crippen molar-refractivity contribution in [3.8, 4) is 5.75 Å². The molecule has 0 bridgehead atoms. The van der Waals surface area contributed by atoms with Gasteiger partial charge >= 0.3 is 5.97 Å². The highest BCUT2D eigenvalue weighted by Gasteiger charge is 2.36. The van der Waals surface area contributed by atoms with Gasteiger partial charge in [0.1, 0.15) is 5.75 Å². The molecule has 0 amide bonds. The minimum atomic E-state index is -0.336. The topological polar surface area (TPSA) is 51.1 Å². The molecular formula is C25H32N2O3. The van der Waals surface area contributed by atoms with Crippen molar-refractivity contribution in [3.63, 3.8) is 0 Å². The number of benzene rings is 2. The normalized spacial score (nSPS) is 17.7. The van der Waals surface area contributed by atoms with Gasteiger partial charge in [0.2, 0.25) is 0 Å². The maximum absolute atomic E-state index is 12.0. The molecule has 0 aliphatic carbocycles. The van der Waals surface area contributed by atoms with E-state index in [0.29, 0.717) is 23.8 Å². The average molecular weight is 409 g/mol. The summed E-state index contributed by atoms with van der Waals surface area (Å²) in [6.07, 6.45) is 2.91. The third-order valence-electron chi connectivity index (χ3n) is 5.76. The van der Waals surface area contributed by atoms with E-state index in [2.05, 4.69) is 49.7 Å². The van der Waals surface area contributed by atoms with Gasteiger partial charge in [0.05, 0.1) is 25.0 Å². The standard InChI is InChI=1S/C25H32N2O3/c1-7-27-22-14-23(29-6)19(13-21(22)17(3)15-25(27,4)5)16-26-20-11-9-10-18(12-20)24(28)30-8-2/h9-14,16-17H,7-8,15H2,1-6H3. The number of aliphatic imine (C=N–C) groups is 1. The first-order valence-corrected chi connectivity index (χ1v) is 10.6. The first-order chi connectivity index (χ1) is 14.3. The van der Waals surface area contributed by atoms with E-state index < -0.39 is 0 Å². The first-order valence-electron chi connectivity index (χ1n) is 10.6. The molecule has 0 spiro atoms. The van der Waals surface area contributed by atoms with Gasteiger partial charge in [0.15, 0.2) is 0 Å². The van der Waals surface area contributed by atoms with Crippen molar-refractivity contribution in [2.45, 2.75) is 52.5 Å². The summed E-state index contributed by atoms with van der Waals surface area (Å²) in [5.41, 5.74) is 4.79. The van der Waals surface area contributed by atoms with Gasteiger partial charge in [-0.15, -0.1) is 0 Å². The second kappa shape index (κ2) is 8.90. The van der Waals surface area contributed by atoms with Crippen LogP contribution in [0.15, 0.2) is 41.4 Å². The Kier molecular flexibility index (Phi) is 6.49. The molecule has 5 heteroatoms. The van der Waals surface area contributed by atoms with Crippen LogP contribution in [0, 0.1) is 0 Å². The van der Waals surface area contributed by atoms with E-state index in [-0.39, 0.29) is 11.5 Å². The maximum Gasteiger partial charge on any atom is 0.338 e. The molecule has 0 aromatic heterocycles. The quantitative estimate of drug-likeness (QED) is 0.452. The van der Waals surface area contributed by atoms with Crippen molar-refractivity contribution < 1.29 is 14.3 Å². The summed E-state index contributed by atoms with van der Waals surface area (Å²) in [6, 6.07) is 11.5. The highest BCUT2D eigenvalue weighted by Crippen LogP contribution is 2.45. The number of carbonyl (C=O) groups excluding carboxylic acids is 1. The van der Waals surface area contributed by atoms with Crippen LogP contribution < -0.4 is 9.64 Å². The molecule has 30 heavy (non-hydrogen) atoms. The number of nitrogens with zero attached hydrogens (tertiary/aromatic N) is 2. The van der Waals surface area contributed by atoms with E-state index in [4.69, 9.17) is 9.47 Å². The van der Waals surface area contributed by atoms with Gasteiger partial charge in [-0.25, -0.2) is 4.79 Å².